The predicted molar refractivity (Wildman–Crippen MR) is 77.2 cm³/mol. The van der Waals surface area contributed by atoms with Crippen LogP contribution in [0.15, 0.2) is 0 Å². The average Bonchev–Trinajstić information content (AvgIpc) is 2.36. The molecule has 0 rings (SSSR count). The van der Waals surface area contributed by atoms with Gasteiger partial charge in [-0.05, 0) is 0 Å². The number of ether oxygens (including phenoxy) is 2. The zero-order valence-electron chi connectivity index (χ0n) is 13.3. The molecule has 0 aromatic rings. The molecule has 0 bridgehead atoms. The van der Waals surface area contributed by atoms with Crippen LogP contribution in [0, 0.1) is 11.0 Å². The molecule has 0 saturated carbocycles. The number of nitrogens with one attached hydrogen (secondary N) is 1. The summed E-state index contributed by atoms with van der Waals surface area (Å²) in [6, 6.07) is 0. The van der Waals surface area contributed by atoms with Gasteiger partial charge < -0.3 is 0 Å². The summed E-state index contributed by atoms with van der Waals surface area (Å²) in [5, 5.41) is 9.09. The molecule has 0 saturated heterocycles. The maximum atomic E-state index is 11.1. The molecule has 0 atom stereocenters. The van der Waals surface area contributed by atoms with Crippen LogP contribution in [0.4, 0.5) is 0 Å². The molecule has 0 aliphatic rings. The van der Waals surface area contributed by atoms with Crippen LogP contribution >= 0.6 is 7.92 Å². The molecule has 2 N–H and O–H groups in total. The van der Waals surface area contributed by atoms with Crippen LogP contribution in [-0.4, -0.2) is 35.8 Å². The van der Waals surface area contributed by atoms with Gasteiger partial charge in [0.2, 0.25) is 0 Å². The number of aliphatic carboxylic acids is 1. The number of carboxylic acids is 1. The van der Waals surface area contributed by atoms with Crippen molar-refractivity contribution in [3.8, 4) is 5.63 Å². The second kappa shape index (κ2) is 8.08. The van der Waals surface area contributed by atoms with Gasteiger partial charge in [0.05, 0.1) is 0 Å². The molecule has 7 nitrogen and oxygen atoms in total. The first-order valence-electron chi connectivity index (χ1n) is 6.64. The fourth-order valence-corrected chi connectivity index (χ4v) is 1.80. The van der Waals surface area contributed by atoms with Crippen molar-refractivity contribution in [1.29, 1.82) is 0 Å². The van der Waals surface area contributed by atoms with Crippen molar-refractivity contribution in [2.24, 2.45) is 5.41 Å². The van der Waals surface area contributed by atoms with E-state index in [2.05, 4.69) is 11.1 Å². The summed E-state index contributed by atoms with van der Waals surface area (Å²) in [5.41, 5.74) is 2.75. The van der Waals surface area contributed by atoms with E-state index in [1.54, 1.807) is 27.7 Å². The Morgan fingerprint density at radius 1 is 1.19 bits per heavy atom. The fraction of sp³-hybridized carbons (Fsp3) is 0.846. The summed E-state index contributed by atoms with van der Waals surface area (Å²) in [4.78, 5) is 16.4. The Labute approximate surface area is 126 Å². The number of hydrogen-bond acceptors (Lipinski definition) is 6. The van der Waals surface area contributed by atoms with Crippen LogP contribution in [0.25, 0.3) is 0 Å². The van der Waals surface area contributed by atoms with Crippen molar-refractivity contribution >= 4 is 13.9 Å². The third-order valence-electron chi connectivity index (χ3n) is 2.80. The predicted octanol–water partition coefficient (Wildman–Crippen LogP) is 2.37. The Balaban J connectivity index is 5.52. The van der Waals surface area contributed by atoms with E-state index in [-0.39, 0.29) is 21.1 Å². The Morgan fingerprint density at radius 3 is 2.00 bits per heavy atom. The van der Waals surface area contributed by atoms with E-state index in [1.807, 2.05) is 0 Å². The zero-order valence-corrected chi connectivity index (χ0v) is 14.2. The van der Waals surface area contributed by atoms with Gasteiger partial charge in [-0.25, -0.2) is 0 Å². The molecule has 0 unspecified atom stereocenters. The SMILES string of the molecule is CCOC(NOC(C)(C)C(=O)O)(OCC)C(C)(C)C#P=O. The van der Waals surface area contributed by atoms with E-state index < -0.39 is 22.9 Å². The van der Waals surface area contributed by atoms with Gasteiger partial charge in [0.1, 0.15) is 0 Å². The van der Waals surface area contributed by atoms with Crippen LogP contribution < -0.4 is 5.48 Å². The second-order valence-electron chi connectivity index (χ2n) is 5.33. The normalized spacial score (nSPS) is 12.9. The van der Waals surface area contributed by atoms with Gasteiger partial charge in [0, 0.05) is 0 Å². The zero-order chi connectivity index (χ0) is 16.7. The molecule has 0 spiro atoms. The van der Waals surface area contributed by atoms with Crippen molar-refractivity contribution in [1.82, 2.24) is 5.48 Å². The van der Waals surface area contributed by atoms with E-state index >= 15 is 0 Å². The van der Waals surface area contributed by atoms with Crippen LogP contribution in [0.1, 0.15) is 41.5 Å². The van der Waals surface area contributed by atoms with Crippen LogP contribution in [0.2, 0.25) is 0 Å². The molecule has 0 radical (unpaired) electrons. The summed E-state index contributed by atoms with van der Waals surface area (Å²) in [7, 11) is -0.319. The summed E-state index contributed by atoms with van der Waals surface area (Å²) in [6.07, 6.45) is 0. The molecule has 0 amide bonds. The van der Waals surface area contributed by atoms with Gasteiger partial charge >= 0.3 is 125 Å². The summed E-state index contributed by atoms with van der Waals surface area (Å²) in [5.74, 6) is -2.66. The first-order chi connectivity index (χ1) is 9.58. The minimum absolute atomic E-state index is 0.269. The molecule has 21 heavy (non-hydrogen) atoms. The van der Waals surface area contributed by atoms with Gasteiger partial charge in [-0.1, -0.05) is 0 Å². The third-order valence-corrected chi connectivity index (χ3v) is 3.45. The molecular formula is C13H24NO6P. The third kappa shape index (κ3) is 5.22. The monoisotopic (exact) mass is 321 g/mol. The van der Waals surface area contributed by atoms with Crippen molar-refractivity contribution in [3.63, 3.8) is 0 Å². The maximum absolute atomic E-state index is 11.1. The number of rotatable bonds is 9. The number of carboxylic acid groups (broad SMARTS) is 1. The fourth-order valence-electron chi connectivity index (χ4n) is 1.42. The Kier molecular flexibility index (Phi) is 7.82. The van der Waals surface area contributed by atoms with Crippen LogP contribution in [-0.2, 0) is 23.7 Å². The van der Waals surface area contributed by atoms with E-state index in [0.717, 1.165) is 0 Å². The molecule has 8 heteroatoms. The van der Waals surface area contributed by atoms with Crippen molar-refractivity contribution < 1.29 is 28.8 Å². The topological polar surface area (TPSA) is 94.1 Å². The molecule has 0 aliphatic carbocycles. The van der Waals surface area contributed by atoms with Crippen LogP contribution in [0.5, 0.6) is 0 Å². The molecular weight excluding hydrogens is 297 g/mol. The number of hydrogen-bond donors (Lipinski definition) is 2. The number of hydroxylamine groups is 1. The van der Waals surface area contributed by atoms with Gasteiger partial charge in [-0.2, -0.15) is 0 Å². The van der Waals surface area contributed by atoms with Gasteiger partial charge in [0.15, 0.2) is 0 Å². The Hall–Kier alpha value is -0.680. The summed E-state index contributed by atoms with van der Waals surface area (Å²) in [6.45, 7) is 10.2. The van der Waals surface area contributed by atoms with E-state index in [0.29, 0.717) is 0 Å². The van der Waals surface area contributed by atoms with Gasteiger partial charge in [-0.3, -0.25) is 0 Å². The molecule has 122 valence electrons. The van der Waals surface area contributed by atoms with Crippen molar-refractivity contribution in [2.75, 3.05) is 13.2 Å². The Morgan fingerprint density at radius 2 is 1.67 bits per heavy atom. The quantitative estimate of drug-likeness (QED) is 0.382. The van der Waals surface area contributed by atoms with Crippen molar-refractivity contribution in [2.45, 2.75) is 53.1 Å². The second-order valence-corrected chi connectivity index (χ2v) is 5.74. The Bertz CT molecular complexity index is 450. The van der Waals surface area contributed by atoms with Crippen molar-refractivity contribution in [3.05, 3.63) is 0 Å². The minimum atomic E-state index is -1.51. The molecule has 0 heterocycles. The number of carbonyl (C=O) groups is 1. The standard InChI is InChI=1S/C13H24NO6P/c1-7-18-13(19-8-2,11(3,4)9-21-17)14-20-12(5,6)10(15)16/h14H,7-8H2,1-6H3,(H,15,16). The molecule has 0 aromatic carbocycles. The molecule has 0 fully saturated rings. The van der Waals surface area contributed by atoms with E-state index in [9.17, 15) is 9.36 Å². The van der Waals surface area contributed by atoms with Gasteiger partial charge in [0.25, 0.3) is 0 Å². The van der Waals surface area contributed by atoms with Gasteiger partial charge in [-0.15, -0.1) is 0 Å². The first kappa shape index (κ1) is 20.3. The summed E-state index contributed by atoms with van der Waals surface area (Å²) >= 11 is 0. The average molecular weight is 321 g/mol. The summed E-state index contributed by atoms with van der Waals surface area (Å²) < 4.78 is 22.1. The van der Waals surface area contributed by atoms with E-state index in [1.165, 1.54) is 13.8 Å². The first-order valence-corrected chi connectivity index (χ1v) is 7.45. The van der Waals surface area contributed by atoms with Crippen LogP contribution in [0.3, 0.4) is 0 Å². The molecule has 0 aromatic heterocycles. The molecule has 0 aliphatic heterocycles. The van der Waals surface area contributed by atoms with E-state index in [4.69, 9.17) is 19.4 Å².